The third-order valence-electron chi connectivity index (χ3n) is 1.59. The summed E-state index contributed by atoms with van der Waals surface area (Å²) in [6.07, 6.45) is -1.01. The average Bonchev–Trinajstić information content (AvgIpc) is 2.18. The van der Waals surface area contributed by atoms with Crippen LogP contribution in [0.4, 0.5) is 4.79 Å². The van der Waals surface area contributed by atoms with Crippen LogP contribution in [0.2, 0.25) is 0 Å². The fourth-order valence-corrected chi connectivity index (χ4v) is 2.57. The molecule has 14 heavy (non-hydrogen) atoms. The molecule has 0 aliphatic heterocycles. The Morgan fingerprint density at radius 2 is 2.07 bits per heavy atom. The van der Waals surface area contributed by atoms with Crippen LogP contribution in [0.1, 0.15) is 17.7 Å². The Hall–Kier alpha value is -0.810. The normalized spacial score (nSPS) is 12.1. The molecule has 1 atom stereocenters. The first-order chi connectivity index (χ1) is 6.70. The maximum absolute atomic E-state index is 10.2. The van der Waals surface area contributed by atoms with Gasteiger partial charge in [-0.25, -0.2) is 4.79 Å². The lowest BCUT2D eigenvalue weighted by atomic mass is 10.2. The van der Waals surface area contributed by atoms with Crippen molar-refractivity contribution in [1.82, 2.24) is 4.72 Å². The van der Waals surface area contributed by atoms with Crippen LogP contribution in [0.15, 0.2) is 30.3 Å². The van der Waals surface area contributed by atoms with Gasteiger partial charge in [0.15, 0.2) is 0 Å². The van der Waals surface area contributed by atoms with E-state index >= 15 is 0 Å². The molecule has 0 spiro atoms. The third kappa shape index (κ3) is 3.93. The van der Waals surface area contributed by atoms with Gasteiger partial charge >= 0.3 is 6.09 Å². The molecule has 5 heteroatoms. The molecule has 2 N–H and O–H groups in total. The van der Waals surface area contributed by atoms with E-state index in [2.05, 4.69) is 4.72 Å². The molecule has 0 saturated carbocycles. The zero-order valence-corrected chi connectivity index (χ0v) is 9.27. The number of hydrogen-bond donors (Lipinski definition) is 2. The fraction of sp³-hybridized carbons (Fsp3) is 0.222. The van der Waals surface area contributed by atoms with Crippen LogP contribution in [0.25, 0.3) is 0 Å². The van der Waals surface area contributed by atoms with Crippen LogP contribution in [0.5, 0.6) is 0 Å². The Bertz CT molecular complexity index is 292. The highest BCUT2D eigenvalue weighted by Gasteiger charge is 2.06. The lowest BCUT2D eigenvalue weighted by molar-refractivity contribution is 0.202. The second kappa shape index (κ2) is 5.82. The minimum atomic E-state index is -1.01. The monoisotopic (exact) mass is 229 g/mol. The van der Waals surface area contributed by atoms with Crippen molar-refractivity contribution in [3.8, 4) is 0 Å². The van der Waals surface area contributed by atoms with Crippen molar-refractivity contribution in [1.29, 1.82) is 0 Å². The SMILES string of the molecule is CC(SSNC(=O)O)c1ccccc1. The van der Waals surface area contributed by atoms with Gasteiger partial charge in [0.2, 0.25) is 0 Å². The van der Waals surface area contributed by atoms with Gasteiger partial charge in [0, 0.05) is 16.2 Å². The standard InChI is InChI=1S/C9H11NO2S2/c1-7(13-14-10-9(11)12)8-5-3-2-4-6-8/h2-7,10H,1H3,(H,11,12). The molecule has 0 fully saturated rings. The molecule has 0 saturated heterocycles. The maximum atomic E-state index is 10.2. The zero-order valence-electron chi connectivity index (χ0n) is 7.64. The first-order valence-electron chi connectivity index (χ1n) is 4.06. The molecule has 1 unspecified atom stereocenters. The summed E-state index contributed by atoms with van der Waals surface area (Å²) in [6, 6.07) is 9.96. The third-order valence-corrected chi connectivity index (χ3v) is 3.91. The Balaban J connectivity index is 2.36. The van der Waals surface area contributed by atoms with E-state index in [-0.39, 0.29) is 5.25 Å². The van der Waals surface area contributed by atoms with E-state index in [0.29, 0.717) is 0 Å². The predicted molar refractivity (Wildman–Crippen MR) is 61.2 cm³/mol. The molecular weight excluding hydrogens is 218 g/mol. The number of amides is 1. The molecule has 3 nitrogen and oxygen atoms in total. The van der Waals surface area contributed by atoms with Gasteiger partial charge in [0.1, 0.15) is 0 Å². The molecule has 0 aliphatic carbocycles. The van der Waals surface area contributed by atoms with Gasteiger partial charge in [-0.05, 0) is 12.5 Å². The van der Waals surface area contributed by atoms with Gasteiger partial charge in [-0.1, -0.05) is 41.1 Å². The topological polar surface area (TPSA) is 49.3 Å². The largest absolute Gasteiger partial charge is 0.464 e. The van der Waals surface area contributed by atoms with Crippen molar-refractivity contribution in [2.24, 2.45) is 0 Å². The van der Waals surface area contributed by atoms with E-state index in [4.69, 9.17) is 5.11 Å². The van der Waals surface area contributed by atoms with Crippen molar-refractivity contribution >= 4 is 27.9 Å². The van der Waals surface area contributed by atoms with Crippen molar-refractivity contribution in [2.75, 3.05) is 0 Å². The number of benzene rings is 1. The minimum Gasteiger partial charge on any atom is -0.464 e. The molecule has 1 rings (SSSR count). The quantitative estimate of drug-likeness (QED) is 0.614. The summed E-state index contributed by atoms with van der Waals surface area (Å²) in [4.78, 5) is 10.2. The van der Waals surface area contributed by atoms with E-state index in [0.717, 1.165) is 11.0 Å². The zero-order chi connectivity index (χ0) is 10.4. The molecule has 0 heterocycles. The molecule has 0 aromatic heterocycles. The summed E-state index contributed by atoms with van der Waals surface area (Å²) in [5, 5.41) is 8.62. The Morgan fingerprint density at radius 1 is 1.43 bits per heavy atom. The Labute approximate surface area is 90.8 Å². The smallest absolute Gasteiger partial charge is 0.415 e. The molecule has 1 amide bonds. The van der Waals surface area contributed by atoms with Gasteiger partial charge in [0.25, 0.3) is 0 Å². The first-order valence-corrected chi connectivity index (χ1v) is 6.27. The van der Waals surface area contributed by atoms with Crippen LogP contribution in [0.3, 0.4) is 0 Å². The van der Waals surface area contributed by atoms with Crippen molar-refractivity contribution < 1.29 is 9.90 Å². The number of hydrogen-bond acceptors (Lipinski definition) is 3. The Kier molecular flexibility index (Phi) is 4.69. The minimum absolute atomic E-state index is 0.271. The summed E-state index contributed by atoms with van der Waals surface area (Å²) in [5.41, 5.74) is 1.19. The summed E-state index contributed by atoms with van der Waals surface area (Å²) in [5.74, 6) is 0. The number of carboxylic acid groups (broad SMARTS) is 1. The number of nitrogens with one attached hydrogen (secondary N) is 1. The number of rotatable bonds is 4. The highest BCUT2D eigenvalue weighted by Crippen LogP contribution is 2.35. The summed E-state index contributed by atoms with van der Waals surface area (Å²) in [7, 11) is 2.61. The second-order valence-corrected chi connectivity index (χ2v) is 4.99. The lowest BCUT2D eigenvalue weighted by Gasteiger charge is -2.09. The second-order valence-electron chi connectivity index (χ2n) is 2.64. The summed E-state index contributed by atoms with van der Waals surface area (Å²) >= 11 is 0. The van der Waals surface area contributed by atoms with Crippen LogP contribution in [-0.2, 0) is 0 Å². The van der Waals surface area contributed by atoms with Crippen LogP contribution in [0, 0.1) is 0 Å². The molecule has 76 valence electrons. The van der Waals surface area contributed by atoms with Gasteiger partial charge in [-0.15, -0.1) is 0 Å². The van der Waals surface area contributed by atoms with Crippen LogP contribution < -0.4 is 4.72 Å². The van der Waals surface area contributed by atoms with E-state index in [1.807, 2.05) is 37.3 Å². The highest BCUT2D eigenvalue weighted by atomic mass is 33.1. The van der Waals surface area contributed by atoms with Crippen molar-refractivity contribution in [3.05, 3.63) is 35.9 Å². The van der Waals surface area contributed by atoms with Gasteiger partial charge < -0.3 is 5.11 Å². The molecule has 1 aromatic rings. The average molecular weight is 229 g/mol. The maximum Gasteiger partial charge on any atom is 0.415 e. The molecule has 0 aliphatic rings. The Morgan fingerprint density at radius 3 is 2.64 bits per heavy atom. The van der Waals surface area contributed by atoms with E-state index in [9.17, 15) is 4.79 Å². The van der Waals surface area contributed by atoms with Crippen LogP contribution >= 0.6 is 21.8 Å². The van der Waals surface area contributed by atoms with E-state index in [1.54, 1.807) is 0 Å². The summed E-state index contributed by atoms with van der Waals surface area (Å²) in [6.45, 7) is 2.04. The van der Waals surface area contributed by atoms with Gasteiger partial charge in [-0.3, -0.25) is 4.72 Å². The predicted octanol–water partition coefficient (Wildman–Crippen LogP) is 3.31. The van der Waals surface area contributed by atoms with E-state index < -0.39 is 6.09 Å². The highest BCUT2D eigenvalue weighted by molar-refractivity contribution is 8.76. The molecular formula is C9H11NO2S2. The van der Waals surface area contributed by atoms with Crippen LogP contribution in [-0.4, -0.2) is 11.2 Å². The van der Waals surface area contributed by atoms with Crippen molar-refractivity contribution in [2.45, 2.75) is 12.2 Å². The molecule has 0 bridgehead atoms. The van der Waals surface area contributed by atoms with Crippen molar-refractivity contribution in [3.63, 3.8) is 0 Å². The lowest BCUT2D eigenvalue weighted by Crippen LogP contribution is -2.10. The fourth-order valence-electron chi connectivity index (χ4n) is 0.911. The van der Waals surface area contributed by atoms with Gasteiger partial charge in [0.05, 0.1) is 0 Å². The number of carbonyl (C=O) groups is 1. The van der Waals surface area contributed by atoms with E-state index in [1.165, 1.54) is 16.4 Å². The summed E-state index contributed by atoms with van der Waals surface area (Å²) < 4.78 is 2.24. The molecule has 0 radical (unpaired) electrons. The van der Waals surface area contributed by atoms with Gasteiger partial charge in [-0.2, -0.15) is 0 Å². The molecule has 1 aromatic carbocycles. The first kappa shape index (κ1) is 11.3.